The van der Waals surface area contributed by atoms with Gasteiger partial charge in [-0.25, -0.2) is 0 Å². The monoisotopic (exact) mass is 246 g/mol. The van der Waals surface area contributed by atoms with Crippen LogP contribution in [0.5, 0.6) is 0 Å². The van der Waals surface area contributed by atoms with Crippen LogP contribution in [-0.4, -0.2) is 4.98 Å². The van der Waals surface area contributed by atoms with Crippen LogP contribution in [0.2, 0.25) is 0 Å². The van der Waals surface area contributed by atoms with Crippen LogP contribution in [0, 0.1) is 0 Å². The Morgan fingerprint density at radius 2 is 1.74 bits per heavy atom. The van der Waals surface area contributed by atoms with Gasteiger partial charge in [0, 0.05) is 27.9 Å². The van der Waals surface area contributed by atoms with Crippen LogP contribution in [0.4, 0.5) is 0 Å². The summed E-state index contributed by atoms with van der Waals surface area (Å²) in [6, 6.07) is 12.5. The number of aromatic nitrogens is 1. The maximum Gasteiger partial charge on any atom is 0.0786 e. The molecule has 4 rings (SSSR count). The summed E-state index contributed by atoms with van der Waals surface area (Å²) < 4.78 is 0. The molecule has 1 aromatic heterocycles. The van der Waals surface area contributed by atoms with Crippen molar-refractivity contribution in [2.75, 3.05) is 0 Å². The van der Waals surface area contributed by atoms with E-state index in [4.69, 9.17) is 5.73 Å². The number of rotatable bonds is 0. The van der Waals surface area contributed by atoms with E-state index in [-0.39, 0.29) is 0 Å². The third-order valence-electron chi connectivity index (χ3n) is 3.90. The molecular weight excluding hydrogens is 232 g/mol. The van der Waals surface area contributed by atoms with Crippen LogP contribution in [0.25, 0.3) is 33.4 Å². The van der Waals surface area contributed by atoms with Gasteiger partial charge in [-0.15, -0.1) is 0 Å². The van der Waals surface area contributed by atoms with Crippen LogP contribution in [0.1, 0.15) is 12.8 Å². The molecule has 0 fully saturated rings. The van der Waals surface area contributed by atoms with Crippen LogP contribution >= 0.6 is 0 Å². The van der Waals surface area contributed by atoms with Gasteiger partial charge in [0.15, 0.2) is 0 Å². The minimum absolute atomic E-state index is 0.947. The average Bonchev–Trinajstić information content (AvgIpc) is 2.47. The van der Waals surface area contributed by atoms with E-state index in [1.807, 2.05) is 12.3 Å². The zero-order valence-electron chi connectivity index (χ0n) is 10.6. The smallest absolute Gasteiger partial charge is 0.0786 e. The lowest BCUT2D eigenvalue weighted by atomic mass is 9.95. The van der Waals surface area contributed by atoms with Gasteiger partial charge in [-0.2, -0.15) is 0 Å². The highest BCUT2D eigenvalue weighted by Gasteiger charge is 2.10. The third-order valence-corrected chi connectivity index (χ3v) is 3.90. The molecule has 1 aliphatic rings. The Labute approximate surface area is 110 Å². The van der Waals surface area contributed by atoms with E-state index in [2.05, 4.69) is 41.4 Å². The van der Waals surface area contributed by atoms with E-state index < -0.39 is 0 Å². The standard InChI is InChI=1S/C17H14N2/c18-15-9-3-7-12-14-8-4-10-19-17(14)13-6-2-1-5-11(13)16(12)15/h1-2,4-8,10H,3,9,18H2. The molecule has 0 saturated carbocycles. The van der Waals surface area contributed by atoms with Crippen molar-refractivity contribution in [3.63, 3.8) is 0 Å². The van der Waals surface area contributed by atoms with E-state index in [0.29, 0.717) is 0 Å². The molecule has 3 aromatic rings. The molecule has 92 valence electrons. The lowest BCUT2D eigenvalue weighted by Crippen LogP contribution is -2.34. The van der Waals surface area contributed by atoms with E-state index in [9.17, 15) is 0 Å². The van der Waals surface area contributed by atoms with Crippen molar-refractivity contribution in [1.29, 1.82) is 0 Å². The number of fused-ring (bicyclic) bond motifs is 6. The van der Waals surface area contributed by atoms with Crippen molar-refractivity contribution in [1.82, 2.24) is 4.98 Å². The third kappa shape index (κ3) is 1.40. The topological polar surface area (TPSA) is 38.9 Å². The van der Waals surface area contributed by atoms with Crippen LogP contribution < -0.4 is 16.2 Å². The van der Waals surface area contributed by atoms with Gasteiger partial charge in [0.1, 0.15) is 0 Å². The van der Waals surface area contributed by atoms with Crippen molar-refractivity contribution in [3.05, 3.63) is 53.0 Å². The van der Waals surface area contributed by atoms with Crippen molar-refractivity contribution < 1.29 is 0 Å². The normalized spacial score (nSPS) is 14.4. The molecular formula is C17H14N2. The first-order valence-corrected chi connectivity index (χ1v) is 6.60. The predicted molar refractivity (Wildman–Crippen MR) is 79.8 cm³/mol. The fraction of sp³-hybridized carbons (Fsp3) is 0.118. The predicted octanol–water partition coefficient (Wildman–Crippen LogP) is 2.03. The zero-order valence-corrected chi connectivity index (χ0v) is 10.6. The number of hydrogen-bond acceptors (Lipinski definition) is 2. The summed E-state index contributed by atoms with van der Waals surface area (Å²) in [6.07, 6.45) is 6.11. The van der Waals surface area contributed by atoms with Gasteiger partial charge in [0.2, 0.25) is 0 Å². The molecule has 0 aliphatic heterocycles. The van der Waals surface area contributed by atoms with Crippen LogP contribution in [0.3, 0.4) is 0 Å². The molecule has 0 atom stereocenters. The summed E-state index contributed by atoms with van der Waals surface area (Å²) in [6.45, 7) is 0. The maximum atomic E-state index is 6.28. The maximum absolute atomic E-state index is 6.28. The highest BCUT2D eigenvalue weighted by Crippen LogP contribution is 2.19. The largest absolute Gasteiger partial charge is 0.402 e. The molecule has 1 aliphatic carbocycles. The van der Waals surface area contributed by atoms with Crippen molar-refractivity contribution in [2.45, 2.75) is 12.8 Å². The number of nitrogens with two attached hydrogens (primary N) is 1. The molecule has 0 spiro atoms. The summed E-state index contributed by atoms with van der Waals surface area (Å²) in [7, 11) is 0. The Morgan fingerprint density at radius 1 is 0.947 bits per heavy atom. The first kappa shape index (κ1) is 10.6. The average molecular weight is 246 g/mol. The molecule has 0 unspecified atom stereocenters. The minimum Gasteiger partial charge on any atom is -0.402 e. The van der Waals surface area contributed by atoms with E-state index in [1.165, 1.54) is 26.6 Å². The first-order valence-electron chi connectivity index (χ1n) is 6.60. The number of nitrogens with zero attached hydrogens (tertiary/aromatic N) is 1. The SMILES string of the molecule is NC1=c2c(c3cccnc3c3ccccc23)=CCC1. The Hall–Kier alpha value is -2.35. The fourth-order valence-corrected chi connectivity index (χ4v) is 3.08. The van der Waals surface area contributed by atoms with Gasteiger partial charge in [0.25, 0.3) is 0 Å². The molecule has 2 nitrogen and oxygen atoms in total. The van der Waals surface area contributed by atoms with Crippen molar-refractivity contribution in [3.8, 4) is 0 Å². The highest BCUT2D eigenvalue weighted by atomic mass is 14.6. The Morgan fingerprint density at radius 3 is 2.63 bits per heavy atom. The second kappa shape index (κ2) is 3.82. The molecule has 0 amide bonds. The molecule has 0 radical (unpaired) electrons. The number of benzene rings is 2. The second-order valence-corrected chi connectivity index (χ2v) is 5.00. The number of pyridine rings is 1. The van der Waals surface area contributed by atoms with Gasteiger partial charge in [-0.05, 0) is 29.5 Å². The highest BCUT2D eigenvalue weighted by molar-refractivity contribution is 6.06. The summed E-state index contributed by atoms with van der Waals surface area (Å²) in [5.74, 6) is 0. The van der Waals surface area contributed by atoms with Crippen molar-refractivity contribution >= 4 is 33.4 Å². The van der Waals surface area contributed by atoms with Gasteiger partial charge >= 0.3 is 0 Å². The Balaban J connectivity index is 2.48. The molecule has 19 heavy (non-hydrogen) atoms. The molecule has 0 bridgehead atoms. The molecule has 2 N–H and O–H groups in total. The molecule has 2 heteroatoms. The van der Waals surface area contributed by atoms with Gasteiger partial charge in [-0.1, -0.05) is 36.4 Å². The molecule has 2 aromatic carbocycles. The lowest BCUT2D eigenvalue weighted by molar-refractivity contribution is 1.06. The second-order valence-electron chi connectivity index (χ2n) is 5.00. The van der Waals surface area contributed by atoms with Crippen LogP contribution in [-0.2, 0) is 0 Å². The summed E-state index contributed by atoms with van der Waals surface area (Å²) in [4.78, 5) is 4.57. The van der Waals surface area contributed by atoms with E-state index in [0.717, 1.165) is 24.1 Å². The Bertz CT molecular complexity index is 923. The first-order chi connectivity index (χ1) is 9.36. The molecule has 0 saturated heterocycles. The quantitative estimate of drug-likeness (QED) is 0.616. The zero-order chi connectivity index (χ0) is 12.8. The van der Waals surface area contributed by atoms with Crippen molar-refractivity contribution in [2.24, 2.45) is 5.73 Å². The van der Waals surface area contributed by atoms with Gasteiger partial charge in [-0.3, -0.25) is 4.98 Å². The summed E-state index contributed by atoms with van der Waals surface area (Å²) in [5.41, 5.74) is 8.35. The number of hydrogen-bond donors (Lipinski definition) is 1. The van der Waals surface area contributed by atoms with Crippen LogP contribution in [0.15, 0.2) is 42.6 Å². The molecule has 1 heterocycles. The van der Waals surface area contributed by atoms with E-state index in [1.54, 1.807) is 0 Å². The lowest BCUT2D eigenvalue weighted by Gasteiger charge is -2.12. The summed E-state index contributed by atoms with van der Waals surface area (Å²) >= 11 is 0. The minimum atomic E-state index is 0.947. The van der Waals surface area contributed by atoms with E-state index >= 15 is 0 Å². The fourth-order valence-electron chi connectivity index (χ4n) is 3.08. The van der Waals surface area contributed by atoms with Gasteiger partial charge in [0.05, 0.1) is 5.52 Å². The Kier molecular flexibility index (Phi) is 2.12. The summed E-state index contributed by atoms with van der Waals surface area (Å²) in [5, 5.41) is 6.08. The van der Waals surface area contributed by atoms with Gasteiger partial charge < -0.3 is 5.73 Å².